The van der Waals surface area contributed by atoms with Crippen LogP contribution in [-0.2, 0) is 16.1 Å². The predicted octanol–water partition coefficient (Wildman–Crippen LogP) is 4.41. The van der Waals surface area contributed by atoms with Crippen LogP contribution in [0.5, 0.6) is 5.75 Å². The van der Waals surface area contributed by atoms with E-state index < -0.39 is 5.97 Å². The number of halogens is 1. The maximum Gasteiger partial charge on any atom is 0.338 e. The van der Waals surface area contributed by atoms with Gasteiger partial charge in [-0.1, -0.05) is 12.1 Å². The number of rotatable bonds is 7. The zero-order valence-corrected chi connectivity index (χ0v) is 17.1. The van der Waals surface area contributed by atoms with Crippen molar-refractivity contribution in [3.63, 3.8) is 0 Å². The van der Waals surface area contributed by atoms with E-state index >= 15 is 0 Å². The van der Waals surface area contributed by atoms with E-state index in [9.17, 15) is 4.79 Å². The highest BCUT2D eigenvalue weighted by Crippen LogP contribution is 2.26. The second-order valence-corrected chi connectivity index (χ2v) is 7.38. The number of nitrogens with zero attached hydrogens (tertiary/aromatic N) is 2. The Kier molecular flexibility index (Phi) is 6.21. The second-order valence-electron chi connectivity index (χ2n) is 6.53. The molecule has 1 atom stereocenters. The van der Waals surface area contributed by atoms with E-state index in [0.29, 0.717) is 23.8 Å². The van der Waals surface area contributed by atoms with Crippen molar-refractivity contribution >= 4 is 21.9 Å². The van der Waals surface area contributed by atoms with Gasteiger partial charge in [0.2, 0.25) is 5.89 Å². The summed E-state index contributed by atoms with van der Waals surface area (Å²) in [7, 11) is 0. The van der Waals surface area contributed by atoms with Crippen LogP contribution in [-0.4, -0.2) is 35.5 Å². The van der Waals surface area contributed by atoms with Gasteiger partial charge in [-0.25, -0.2) is 4.79 Å². The van der Waals surface area contributed by atoms with Crippen molar-refractivity contribution in [3.05, 3.63) is 64.5 Å². The lowest BCUT2D eigenvalue weighted by Gasteiger charge is -2.11. The molecule has 0 spiro atoms. The van der Waals surface area contributed by atoms with Gasteiger partial charge in [0.15, 0.2) is 6.61 Å². The summed E-state index contributed by atoms with van der Waals surface area (Å²) in [6.45, 7) is 1.21. The number of hydrogen-bond acceptors (Lipinski definition) is 7. The number of carbonyl (C=O) groups excluding carboxylic acids is 1. The predicted molar refractivity (Wildman–Crippen MR) is 107 cm³/mol. The molecule has 3 aromatic rings. The summed E-state index contributed by atoms with van der Waals surface area (Å²) in [6, 6.07) is 14.3. The molecule has 8 heteroatoms. The highest BCUT2D eigenvalue weighted by Gasteiger charge is 2.17. The first kappa shape index (κ1) is 19.6. The molecule has 0 amide bonds. The molecule has 1 fully saturated rings. The number of ether oxygens (including phenoxy) is 3. The summed E-state index contributed by atoms with van der Waals surface area (Å²) >= 11 is 3.44. The SMILES string of the molecule is O=C(OCc1nnc(-c2ccccc2Br)o1)c1ccc(OC[C@H]2CCCO2)cc1. The molecule has 1 saturated heterocycles. The van der Waals surface area contributed by atoms with Crippen LogP contribution in [0.1, 0.15) is 29.1 Å². The fourth-order valence-corrected chi connectivity index (χ4v) is 3.37. The molecule has 0 bridgehead atoms. The van der Waals surface area contributed by atoms with Gasteiger partial charge in [0.05, 0.1) is 17.2 Å². The molecule has 2 aromatic carbocycles. The van der Waals surface area contributed by atoms with Crippen LogP contribution in [0.2, 0.25) is 0 Å². The fraction of sp³-hybridized carbons (Fsp3) is 0.286. The number of aromatic nitrogens is 2. The molecular weight excluding hydrogens is 440 g/mol. The van der Waals surface area contributed by atoms with Gasteiger partial charge >= 0.3 is 5.97 Å². The molecular formula is C21H19BrN2O5. The van der Waals surface area contributed by atoms with Crippen molar-refractivity contribution < 1.29 is 23.4 Å². The Labute approximate surface area is 176 Å². The lowest BCUT2D eigenvalue weighted by atomic mass is 10.2. The third-order valence-corrected chi connectivity index (χ3v) is 5.14. The van der Waals surface area contributed by atoms with Crippen LogP contribution >= 0.6 is 15.9 Å². The first-order valence-electron chi connectivity index (χ1n) is 9.28. The van der Waals surface area contributed by atoms with Crippen LogP contribution in [0, 0.1) is 0 Å². The number of esters is 1. The normalized spacial score (nSPS) is 16.0. The van der Waals surface area contributed by atoms with Crippen LogP contribution in [0.25, 0.3) is 11.5 Å². The molecule has 7 nitrogen and oxygen atoms in total. The fourth-order valence-electron chi connectivity index (χ4n) is 2.92. The smallest absolute Gasteiger partial charge is 0.338 e. The summed E-state index contributed by atoms with van der Waals surface area (Å²) in [5, 5.41) is 7.93. The van der Waals surface area contributed by atoms with E-state index in [-0.39, 0.29) is 18.6 Å². The molecule has 1 aliphatic rings. The summed E-state index contributed by atoms with van der Waals surface area (Å²) in [5.41, 5.74) is 1.19. The Morgan fingerprint density at radius 3 is 2.72 bits per heavy atom. The summed E-state index contributed by atoms with van der Waals surface area (Å²) in [6.07, 6.45) is 2.24. The Balaban J connectivity index is 1.30. The molecule has 4 rings (SSSR count). The van der Waals surface area contributed by atoms with Gasteiger partial charge in [-0.3, -0.25) is 0 Å². The maximum atomic E-state index is 12.2. The van der Waals surface area contributed by atoms with Crippen molar-refractivity contribution in [1.29, 1.82) is 0 Å². The van der Waals surface area contributed by atoms with E-state index in [1.165, 1.54) is 0 Å². The van der Waals surface area contributed by atoms with Gasteiger partial charge in [0.1, 0.15) is 12.4 Å². The van der Waals surface area contributed by atoms with Crippen molar-refractivity contribution in [2.45, 2.75) is 25.6 Å². The summed E-state index contributed by atoms with van der Waals surface area (Å²) in [4.78, 5) is 12.2. The zero-order valence-electron chi connectivity index (χ0n) is 15.5. The minimum atomic E-state index is -0.476. The Hall–Kier alpha value is -2.71. The van der Waals surface area contributed by atoms with E-state index in [1.54, 1.807) is 24.3 Å². The van der Waals surface area contributed by atoms with Crippen LogP contribution in [0.3, 0.4) is 0 Å². The highest BCUT2D eigenvalue weighted by atomic mass is 79.9. The molecule has 150 valence electrons. The Morgan fingerprint density at radius 1 is 1.14 bits per heavy atom. The lowest BCUT2D eigenvalue weighted by molar-refractivity contribution is 0.0438. The van der Waals surface area contributed by atoms with E-state index in [2.05, 4.69) is 26.1 Å². The number of benzene rings is 2. The minimum absolute atomic E-state index is 0.104. The molecule has 0 radical (unpaired) electrons. The van der Waals surface area contributed by atoms with E-state index in [0.717, 1.165) is 29.5 Å². The van der Waals surface area contributed by atoms with Crippen LogP contribution in [0.4, 0.5) is 0 Å². The Bertz CT molecular complexity index is 967. The van der Waals surface area contributed by atoms with Crippen molar-refractivity contribution in [3.8, 4) is 17.2 Å². The summed E-state index contributed by atoms with van der Waals surface area (Å²) < 4.78 is 22.9. The van der Waals surface area contributed by atoms with Gasteiger partial charge in [-0.2, -0.15) is 0 Å². The number of hydrogen-bond donors (Lipinski definition) is 0. The third-order valence-electron chi connectivity index (χ3n) is 4.45. The second kappa shape index (κ2) is 9.19. The molecule has 0 N–H and O–H groups in total. The Morgan fingerprint density at radius 2 is 1.97 bits per heavy atom. The topological polar surface area (TPSA) is 83.7 Å². The molecule has 0 saturated carbocycles. The molecule has 29 heavy (non-hydrogen) atoms. The van der Waals surface area contributed by atoms with Gasteiger partial charge in [-0.05, 0) is 65.2 Å². The average Bonchev–Trinajstić information content (AvgIpc) is 3.43. The van der Waals surface area contributed by atoms with Gasteiger partial charge in [-0.15, -0.1) is 10.2 Å². The third kappa shape index (κ3) is 5.02. The largest absolute Gasteiger partial charge is 0.491 e. The van der Waals surface area contributed by atoms with Crippen molar-refractivity contribution in [1.82, 2.24) is 10.2 Å². The zero-order chi connectivity index (χ0) is 20.1. The first-order valence-corrected chi connectivity index (χ1v) is 10.1. The minimum Gasteiger partial charge on any atom is -0.491 e. The molecule has 2 heterocycles. The van der Waals surface area contributed by atoms with Gasteiger partial charge in [0.25, 0.3) is 5.89 Å². The molecule has 1 aromatic heterocycles. The standard InChI is InChI=1S/C21H19BrN2O5/c22-18-6-2-1-5-17(18)20-24-23-19(29-20)13-28-21(25)14-7-9-15(10-8-14)27-12-16-4-3-11-26-16/h1-2,5-10,16H,3-4,11-13H2/t16-/m1/s1. The summed E-state index contributed by atoms with van der Waals surface area (Å²) in [5.74, 6) is 0.792. The van der Waals surface area contributed by atoms with E-state index in [1.807, 2.05) is 24.3 Å². The molecule has 0 aliphatic carbocycles. The highest BCUT2D eigenvalue weighted by molar-refractivity contribution is 9.10. The maximum absolute atomic E-state index is 12.2. The van der Waals surface area contributed by atoms with Gasteiger partial charge < -0.3 is 18.6 Å². The van der Waals surface area contributed by atoms with Crippen LogP contribution in [0.15, 0.2) is 57.4 Å². The van der Waals surface area contributed by atoms with Crippen molar-refractivity contribution in [2.75, 3.05) is 13.2 Å². The first-order chi connectivity index (χ1) is 14.2. The number of carbonyl (C=O) groups is 1. The van der Waals surface area contributed by atoms with Crippen molar-refractivity contribution in [2.24, 2.45) is 0 Å². The average molecular weight is 459 g/mol. The van der Waals surface area contributed by atoms with Gasteiger partial charge in [0, 0.05) is 11.1 Å². The lowest BCUT2D eigenvalue weighted by Crippen LogP contribution is -2.16. The monoisotopic (exact) mass is 458 g/mol. The quantitative estimate of drug-likeness (QED) is 0.484. The molecule has 0 unspecified atom stereocenters. The molecule has 1 aliphatic heterocycles. The van der Waals surface area contributed by atoms with Crippen LogP contribution < -0.4 is 4.74 Å². The van der Waals surface area contributed by atoms with E-state index in [4.69, 9.17) is 18.6 Å².